The maximum atomic E-state index is 12.1. The lowest BCUT2D eigenvalue weighted by Crippen LogP contribution is -2.23. The number of pyridine rings is 1. The van der Waals surface area contributed by atoms with E-state index < -0.39 is 0 Å². The van der Waals surface area contributed by atoms with Gasteiger partial charge in [0.2, 0.25) is 11.8 Å². The number of carbonyl (C=O) groups is 1. The van der Waals surface area contributed by atoms with Gasteiger partial charge in [-0.1, -0.05) is 23.4 Å². The second-order valence-corrected chi connectivity index (χ2v) is 6.00. The van der Waals surface area contributed by atoms with E-state index in [0.717, 1.165) is 22.6 Å². The zero-order valence-corrected chi connectivity index (χ0v) is 14.9. The van der Waals surface area contributed by atoms with Crippen molar-refractivity contribution in [1.29, 1.82) is 0 Å². The molecule has 0 atom stereocenters. The van der Waals surface area contributed by atoms with E-state index in [1.54, 1.807) is 12.3 Å². The predicted octanol–water partition coefficient (Wildman–Crippen LogP) is 3.73. The Bertz CT molecular complexity index is 856. The lowest BCUT2D eigenvalue weighted by molar-refractivity contribution is -0.121. The van der Waals surface area contributed by atoms with Gasteiger partial charge in [-0.15, -0.1) is 0 Å². The molecule has 6 heteroatoms. The topological polar surface area (TPSA) is 77.2 Å². The number of aromatic nitrogens is 2. The number of nitrogens with zero attached hydrogens (tertiary/aromatic N) is 2. The van der Waals surface area contributed by atoms with Crippen LogP contribution in [-0.4, -0.2) is 16.0 Å². The first-order valence-corrected chi connectivity index (χ1v) is 8.48. The first kappa shape index (κ1) is 17.7. The summed E-state index contributed by atoms with van der Waals surface area (Å²) in [5, 5.41) is 6.84. The fourth-order valence-electron chi connectivity index (χ4n) is 2.63. The lowest BCUT2D eigenvalue weighted by Gasteiger charge is -2.08. The summed E-state index contributed by atoms with van der Waals surface area (Å²) in [7, 11) is 0. The van der Waals surface area contributed by atoms with Gasteiger partial charge >= 0.3 is 0 Å². The minimum atomic E-state index is -0.0129. The summed E-state index contributed by atoms with van der Waals surface area (Å²) < 4.78 is 10.8. The van der Waals surface area contributed by atoms with Crippen LogP contribution in [0.5, 0.6) is 11.6 Å². The Labute approximate surface area is 152 Å². The van der Waals surface area contributed by atoms with Crippen molar-refractivity contribution >= 4 is 5.91 Å². The van der Waals surface area contributed by atoms with Crippen molar-refractivity contribution in [3.05, 3.63) is 71.2 Å². The second-order valence-electron chi connectivity index (χ2n) is 6.00. The van der Waals surface area contributed by atoms with Crippen LogP contribution in [0.4, 0.5) is 0 Å². The molecule has 0 fully saturated rings. The van der Waals surface area contributed by atoms with Crippen molar-refractivity contribution < 1.29 is 14.1 Å². The van der Waals surface area contributed by atoms with E-state index in [0.29, 0.717) is 31.0 Å². The average Bonchev–Trinajstić information content (AvgIpc) is 2.97. The fourth-order valence-corrected chi connectivity index (χ4v) is 2.63. The van der Waals surface area contributed by atoms with Gasteiger partial charge in [0.15, 0.2) is 0 Å². The fraction of sp³-hybridized carbons (Fsp3) is 0.250. The molecule has 0 unspecified atom stereocenters. The SMILES string of the molecule is Cc1noc(C)c1CCC(=O)NCc1cccc(Oc2ccccn2)c1. The normalized spacial score (nSPS) is 10.5. The summed E-state index contributed by atoms with van der Waals surface area (Å²) in [6.45, 7) is 4.19. The Morgan fingerprint density at radius 1 is 1.19 bits per heavy atom. The monoisotopic (exact) mass is 351 g/mol. The third-order valence-electron chi connectivity index (χ3n) is 4.03. The van der Waals surface area contributed by atoms with Gasteiger partial charge in [0.1, 0.15) is 11.5 Å². The third kappa shape index (κ3) is 4.69. The van der Waals surface area contributed by atoms with Crippen molar-refractivity contribution in [2.45, 2.75) is 33.2 Å². The molecular weight excluding hydrogens is 330 g/mol. The first-order valence-electron chi connectivity index (χ1n) is 8.48. The highest BCUT2D eigenvalue weighted by atomic mass is 16.5. The van der Waals surface area contributed by atoms with E-state index in [2.05, 4.69) is 15.5 Å². The number of hydrogen-bond donors (Lipinski definition) is 1. The van der Waals surface area contributed by atoms with Crippen LogP contribution in [0, 0.1) is 13.8 Å². The molecule has 1 amide bonds. The molecule has 1 N–H and O–H groups in total. The van der Waals surface area contributed by atoms with Gasteiger partial charge in [0.25, 0.3) is 0 Å². The molecule has 0 saturated carbocycles. The standard InChI is InChI=1S/C20H21N3O3/c1-14-18(15(2)26-23-14)9-10-19(24)22-13-16-6-5-7-17(12-16)25-20-8-3-4-11-21-20/h3-8,11-12H,9-10,13H2,1-2H3,(H,22,24). The third-order valence-corrected chi connectivity index (χ3v) is 4.03. The summed E-state index contributed by atoms with van der Waals surface area (Å²) in [6, 6.07) is 13.1. The number of aryl methyl sites for hydroxylation is 2. The Morgan fingerprint density at radius 2 is 2.08 bits per heavy atom. The lowest BCUT2D eigenvalue weighted by atomic mass is 10.1. The molecule has 2 aromatic heterocycles. The van der Waals surface area contributed by atoms with Crippen LogP contribution in [0.25, 0.3) is 0 Å². The molecule has 3 aromatic rings. The number of ether oxygens (including phenoxy) is 1. The Hall–Kier alpha value is -3.15. The molecule has 0 radical (unpaired) electrons. The van der Waals surface area contributed by atoms with Gasteiger partial charge in [0.05, 0.1) is 5.69 Å². The minimum Gasteiger partial charge on any atom is -0.439 e. The highest BCUT2D eigenvalue weighted by Crippen LogP contribution is 2.20. The van der Waals surface area contributed by atoms with Crippen LogP contribution < -0.4 is 10.1 Å². The Kier molecular flexibility index (Phi) is 5.63. The number of hydrogen-bond acceptors (Lipinski definition) is 5. The number of benzene rings is 1. The van der Waals surface area contributed by atoms with E-state index in [4.69, 9.17) is 9.26 Å². The summed E-state index contributed by atoms with van der Waals surface area (Å²) >= 11 is 0. The van der Waals surface area contributed by atoms with Crippen LogP contribution in [-0.2, 0) is 17.8 Å². The van der Waals surface area contributed by atoms with Gasteiger partial charge in [-0.3, -0.25) is 4.79 Å². The smallest absolute Gasteiger partial charge is 0.220 e. The van der Waals surface area contributed by atoms with Gasteiger partial charge in [-0.2, -0.15) is 0 Å². The van der Waals surface area contributed by atoms with E-state index in [9.17, 15) is 4.79 Å². The highest BCUT2D eigenvalue weighted by Gasteiger charge is 2.11. The number of rotatable bonds is 7. The summed E-state index contributed by atoms with van der Waals surface area (Å²) in [4.78, 5) is 16.2. The summed E-state index contributed by atoms with van der Waals surface area (Å²) in [5.41, 5.74) is 2.81. The molecule has 0 aliphatic carbocycles. The molecule has 134 valence electrons. The zero-order valence-electron chi connectivity index (χ0n) is 14.9. The molecule has 3 rings (SSSR count). The molecule has 0 saturated heterocycles. The minimum absolute atomic E-state index is 0.0129. The van der Waals surface area contributed by atoms with Crippen molar-refractivity contribution in [3.8, 4) is 11.6 Å². The van der Waals surface area contributed by atoms with Crippen molar-refractivity contribution in [2.24, 2.45) is 0 Å². The van der Waals surface area contributed by atoms with Crippen LogP contribution >= 0.6 is 0 Å². The quantitative estimate of drug-likeness (QED) is 0.702. The highest BCUT2D eigenvalue weighted by molar-refractivity contribution is 5.76. The van der Waals surface area contributed by atoms with Gasteiger partial charge < -0.3 is 14.6 Å². The van der Waals surface area contributed by atoms with E-state index in [-0.39, 0.29) is 5.91 Å². The maximum absolute atomic E-state index is 12.1. The van der Waals surface area contributed by atoms with E-state index >= 15 is 0 Å². The summed E-state index contributed by atoms with van der Waals surface area (Å²) in [6.07, 6.45) is 2.70. The molecule has 2 heterocycles. The molecule has 0 spiro atoms. The molecular formula is C20H21N3O3. The molecule has 0 bridgehead atoms. The molecule has 0 aliphatic heterocycles. The summed E-state index contributed by atoms with van der Waals surface area (Å²) in [5.74, 6) is 1.98. The average molecular weight is 351 g/mol. The van der Waals surface area contributed by atoms with Crippen LogP contribution in [0.15, 0.2) is 53.2 Å². The molecule has 0 aliphatic rings. The molecule has 6 nitrogen and oxygen atoms in total. The molecule has 26 heavy (non-hydrogen) atoms. The van der Waals surface area contributed by atoms with E-state index in [1.807, 2.05) is 50.2 Å². The van der Waals surface area contributed by atoms with E-state index in [1.165, 1.54) is 0 Å². The largest absolute Gasteiger partial charge is 0.439 e. The van der Waals surface area contributed by atoms with Crippen molar-refractivity contribution in [1.82, 2.24) is 15.5 Å². The second kappa shape index (κ2) is 8.29. The van der Waals surface area contributed by atoms with Crippen molar-refractivity contribution in [2.75, 3.05) is 0 Å². The van der Waals surface area contributed by atoms with Crippen LogP contribution in [0.1, 0.15) is 29.0 Å². The maximum Gasteiger partial charge on any atom is 0.220 e. The molecule has 1 aromatic carbocycles. The number of carbonyl (C=O) groups excluding carboxylic acids is 1. The Morgan fingerprint density at radius 3 is 2.81 bits per heavy atom. The van der Waals surface area contributed by atoms with Gasteiger partial charge in [0, 0.05) is 30.8 Å². The number of nitrogens with one attached hydrogen (secondary N) is 1. The predicted molar refractivity (Wildman–Crippen MR) is 96.9 cm³/mol. The van der Waals surface area contributed by atoms with Gasteiger partial charge in [-0.05, 0) is 44.0 Å². The van der Waals surface area contributed by atoms with Crippen molar-refractivity contribution in [3.63, 3.8) is 0 Å². The Balaban J connectivity index is 1.51. The first-order chi connectivity index (χ1) is 12.6. The zero-order chi connectivity index (χ0) is 18.4. The van der Waals surface area contributed by atoms with Gasteiger partial charge in [-0.25, -0.2) is 4.98 Å². The van der Waals surface area contributed by atoms with Crippen LogP contribution in [0.3, 0.4) is 0 Å². The van der Waals surface area contributed by atoms with Crippen LogP contribution in [0.2, 0.25) is 0 Å². The number of amides is 1.